The van der Waals surface area contributed by atoms with Crippen LogP contribution in [0.5, 0.6) is 0 Å². The van der Waals surface area contributed by atoms with Gasteiger partial charge in [0.05, 0.1) is 18.3 Å². The van der Waals surface area contributed by atoms with Crippen molar-refractivity contribution in [2.75, 3.05) is 32.2 Å². The van der Waals surface area contributed by atoms with Gasteiger partial charge in [-0.3, -0.25) is 0 Å². The number of hydrogen-bond acceptors (Lipinski definition) is 4. The van der Waals surface area contributed by atoms with E-state index in [0.717, 1.165) is 5.69 Å². The Morgan fingerprint density at radius 2 is 2.17 bits per heavy atom. The summed E-state index contributed by atoms with van der Waals surface area (Å²) >= 11 is 0. The van der Waals surface area contributed by atoms with E-state index in [0.29, 0.717) is 17.7 Å². The number of ether oxygens (including phenoxy) is 1. The number of aromatic carboxylic acids is 1. The lowest BCUT2D eigenvalue weighted by Gasteiger charge is -2.23. The van der Waals surface area contributed by atoms with E-state index >= 15 is 0 Å². The Bertz CT molecular complexity index is 419. The number of carboxylic acids is 1. The van der Waals surface area contributed by atoms with Crippen LogP contribution in [0.25, 0.3) is 0 Å². The zero-order chi connectivity index (χ0) is 13.7. The van der Waals surface area contributed by atoms with Crippen LogP contribution in [0.4, 0.5) is 5.69 Å². The predicted octanol–water partition coefficient (Wildman–Crippen LogP) is 1.14. The molecule has 0 aliphatic heterocycles. The Kier molecular flexibility index (Phi) is 5.12. The van der Waals surface area contributed by atoms with Gasteiger partial charge >= 0.3 is 5.97 Å². The molecular weight excluding hydrogens is 234 g/mol. The number of aliphatic hydroxyl groups is 1. The molecule has 1 atom stereocenters. The zero-order valence-electron chi connectivity index (χ0n) is 10.9. The molecule has 1 rings (SSSR count). The molecule has 0 radical (unpaired) electrons. The van der Waals surface area contributed by atoms with Crippen molar-refractivity contribution in [2.45, 2.75) is 13.0 Å². The number of nitrogens with zero attached hydrogens (tertiary/aromatic N) is 1. The van der Waals surface area contributed by atoms with Crippen molar-refractivity contribution in [1.29, 1.82) is 0 Å². The Morgan fingerprint density at radius 1 is 1.50 bits per heavy atom. The highest BCUT2D eigenvalue weighted by molar-refractivity contribution is 5.89. The van der Waals surface area contributed by atoms with Crippen molar-refractivity contribution in [1.82, 2.24) is 0 Å². The first-order valence-electron chi connectivity index (χ1n) is 5.67. The monoisotopic (exact) mass is 253 g/mol. The molecule has 0 spiro atoms. The van der Waals surface area contributed by atoms with Crippen molar-refractivity contribution >= 4 is 11.7 Å². The summed E-state index contributed by atoms with van der Waals surface area (Å²) < 4.78 is 4.86. The number of anilines is 1. The van der Waals surface area contributed by atoms with Gasteiger partial charge in [-0.05, 0) is 30.7 Å². The van der Waals surface area contributed by atoms with Crippen LogP contribution in [0, 0.1) is 6.92 Å². The highest BCUT2D eigenvalue weighted by atomic mass is 16.5. The van der Waals surface area contributed by atoms with E-state index in [1.807, 2.05) is 11.9 Å². The summed E-state index contributed by atoms with van der Waals surface area (Å²) in [6.45, 7) is 2.46. The number of hydrogen-bond donors (Lipinski definition) is 2. The first kappa shape index (κ1) is 14.5. The third-order valence-electron chi connectivity index (χ3n) is 2.72. The zero-order valence-corrected chi connectivity index (χ0v) is 10.9. The van der Waals surface area contributed by atoms with E-state index < -0.39 is 12.1 Å². The van der Waals surface area contributed by atoms with E-state index in [-0.39, 0.29) is 6.61 Å². The van der Waals surface area contributed by atoms with Crippen LogP contribution in [-0.2, 0) is 4.74 Å². The molecule has 0 amide bonds. The minimum absolute atomic E-state index is 0.274. The average Bonchev–Trinajstić information content (AvgIpc) is 2.28. The van der Waals surface area contributed by atoms with Crippen LogP contribution in [0.2, 0.25) is 0 Å². The molecule has 18 heavy (non-hydrogen) atoms. The number of likely N-dealkylation sites (N-methyl/N-ethyl adjacent to an activating group) is 1. The lowest BCUT2D eigenvalue weighted by molar-refractivity contribution is 0.0690. The van der Waals surface area contributed by atoms with Crippen molar-refractivity contribution in [3.63, 3.8) is 0 Å². The van der Waals surface area contributed by atoms with Gasteiger partial charge in [-0.25, -0.2) is 4.79 Å². The highest BCUT2D eigenvalue weighted by Gasteiger charge is 2.11. The van der Waals surface area contributed by atoms with Crippen LogP contribution in [0.1, 0.15) is 15.9 Å². The number of aliphatic hydroxyl groups excluding tert-OH is 1. The molecule has 100 valence electrons. The van der Waals surface area contributed by atoms with Gasteiger partial charge in [0.25, 0.3) is 0 Å². The van der Waals surface area contributed by atoms with Crippen LogP contribution in [-0.4, -0.2) is 49.6 Å². The van der Waals surface area contributed by atoms with Gasteiger partial charge in [0, 0.05) is 26.4 Å². The molecule has 5 heteroatoms. The summed E-state index contributed by atoms with van der Waals surface area (Å²) in [7, 11) is 3.38. The lowest BCUT2D eigenvalue weighted by Crippen LogP contribution is -2.31. The number of rotatable bonds is 6. The summed E-state index contributed by atoms with van der Waals surface area (Å²) in [4.78, 5) is 12.8. The quantitative estimate of drug-likeness (QED) is 0.795. The molecule has 0 saturated carbocycles. The summed E-state index contributed by atoms with van der Waals surface area (Å²) in [5.41, 5.74) is 1.87. The number of carboxylic acid groups (broad SMARTS) is 1. The standard InChI is InChI=1S/C13H19NO4/c1-9-6-10(4-5-12(9)13(16)17)14(2)7-11(15)8-18-3/h4-6,11,15H,7-8H2,1-3H3,(H,16,17). The number of aryl methyl sites for hydroxylation is 1. The minimum Gasteiger partial charge on any atom is -0.478 e. The fraction of sp³-hybridized carbons (Fsp3) is 0.462. The fourth-order valence-electron chi connectivity index (χ4n) is 1.79. The maximum atomic E-state index is 10.9. The molecule has 1 aromatic rings. The summed E-state index contributed by atoms with van der Waals surface area (Å²) in [6.07, 6.45) is -0.570. The van der Waals surface area contributed by atoms with Gasteiger partial charge in [-0.2, -0.15) is 0 Å². The molecule has 0 aliphatic carbocycles. The number of methoxy groups -OCH3 is 1. The summed E-state index contributed by atoms with van der Waals surface area (Å²) in [5, 5.41) is 18.6. The largest absolute Gasteiger partial charge is 0.478 e. The van der Waals surface area contributed by atoms with Crippen molar-refractivity contribution in [2.24, 2.45) is 0 Å². The minimum atomic E-state index is -0.930. The Hall–Kier alpha value is -1.59. The number of carbonyl (C=O) groups is 1. The average molecular weight is 253 g/mol. The van der Waals surface area contributed by atoms with Crippen LogP contribution in [0.15, 0.2) is 18.2 Å². The van der Waals surface area contributed by atoms with Crippen LogP contribution in [0.3, 0.4) is 0 Å². The van der Waals surface area contributed by atoms with Crippen molar-refractivity contribution < 1.29 is 19.7 Å². The first-order valence-corrected chi connectivity index (χ1v) is 5.67. The lowest BCUT2D eigenvalue weighted by atomic mass is 10.1. The van der Waals surface area contributed by atoms with E-state index in [9.17, 15) is 9.90 Å². The number of benzene rings is 1. The topological polar surface area (TPSA) is 70.0 Å². The molecule has 0 saturated heterocycles. The Labute approximate surface area is 107 Å². The molecule has 0 fully saturated rings. The molecule has 5 nitrogen and oxygen atoms in total. The molecule has 0 heterocycles. The van der Waals surface area contributed by atoms with E-state index in [4.69, 9.17) is 9.84 Å². The third kappa shape index (κ3) is 3.72. The van der Waals surface area contributed by atoms with Gasteiger partial charge < -0.3 is 19.8 Å². The third-order valence-corrected chi connectivity index (χ3v) is 2.72. The van der Waals surface area contributed by atoms with Crippen LogP contribution < -0.4 is 4.90 Å². The van der Waals surface area contributed by atoms with Gasteiger partial charge in [0.2, 0.25) is 0 Å². The van der Waals surface area contributed by atoms with Gasteiger partial charge in [-0.1, -0.05) is 0 Å². The first-order chi connectivity index (χ1) is 8.45. The second-order valence-electron chi connectivity index (χ2n) is 4.29. The van der Waals surface area contributed by atoms with E-state index in [1.54, 1.807) is 25.1 Å². The van der Waals surface area contributed by atoms with E-state index in [1.165, 1.54) is 7.11 Å². The summed E-state index contributed by atoms with van der Waals surface area (Å²) in [5.74, 6) is -0.930. The van der Waals surface area contributed by atoms with Crippen molar-refractivity contribution in [3.8, 4) is 0 Å². The van der Waals surface area contributed by atoms with Gasteiger partial charge in [0.1, 0.15) is 0 Å². The molecule has 1 aromatic carbocycles. The smallest absolute Gasteiger partial charge is 0.335 e. The van der Waals surface area contributed by atoms with Gasteiger partial charge in [-0.15, -0.1) is 0 Å². The fourth-order valence-corrected chi connectivity index (χ4v) is 1.79. The van der Waals surface area contributed by atoms with Gasteiger partial charge in [0.15, 0.2) is 0 Å². The maximum Gasteiger partial charge on any atom is 0.335 e. The Balaban J connectivity index is 2.78. The Morgan fingerprint density at radius 3 is 2.67 bits per heavy atom. The second kappa shape index (κ2) is 6.37. The SMILES string of the molecule is COCC(O)CN(C)c1ccc(C(=O)O)c(C)c1. The molecular formula is C13H19NO4. The van der Waals surface area contributed by atoms with Crippen molar-refractivity contribution in [3.05, 3.63) is 29.3 Å². The molecule has 1 unspecified atom stereocenters. The predicted molar refractivity (Wildman–Crippen MR) is 69.3 cm³/mol. The molecule has 2 N–H and O–H groups in total. The van der Waals surface area contributed by atoms with Crippen LogP contribution >= 0.6 is 0 Å². The molecule has 0 aliphatic rings. The normalized spacial score (nSPS) is 12.2. The highest BCUT2D eigenvalue weighted by Crippen LogP contribution is 2.18. The second-order valence-corrected chi connectivity index (χ2v) is 4.29. The van der Waals surface area contributed by atoms with E-state index in [2.05, 4.69) is 0 Å². The maximum absolute atomic E-state index is 10.9. The summed E-state index contributed by atoms with van der Waals surface area (Å²) in [6, 6.07) is 5.10. The molecule has 0 aromatic heterocycles. The molecule has 0 bridgehead atoms.